The van der Waals surface area contributed by atoms with Gasteiger partial charge in [0.2, 0.25) is 0 Å². The third-order valence-electron chi connectivity index (χ3n) is 2.76. The quantitative estimate of drug-likeness (QED) is 0.820. The summed E-state index contributed by atoms with van der Waals surface area (Å²) in [4.78, 5) is 11.0. The van der Waals surface area contributed by atoms with Crippen molar-refractivity contribution in [1.29, 1.82) is 0 Å². The largest absolute Gasteiger partial charge is 0.507 e. The van der Waals surface area contributed by atoms with Crippen LogP contribution in [-0.2, 0) is 6.61 Å². The van der Waals surface area contributed by atoms with Gasteiger partial charge in [-0.05, 0) is 12.5 Å². The Kier molecular flexibility index (Phi) is 4.60. The molecule has 0 bridgehead atoms. The van der Waals surface area contributed by atoms with Crippen molar-refractivity contribution in [3.05, 3.63) is 53.6 Å². The van der Waals surface area contributed by atoms with E-state index in [9.17, 15) is 9.90 Å². The van der Waals surface area contributed by atoms with Crippen molar-refractivity contribution in [1.82, 2.24) is 0 Å². The van der Waals surface area contributed by atoms with Gasteiger partial charge in [0, 0.05) is 12.1 Å². The minimum Gasteiger partial charge on any atom is -0.507 e. The van der Waals surface area contributed by atoms with Crippen LogP contribution in [0.15, 0.2) is 42.5 Å². The van der Waals surface area contributed by atoms with Gasteiger partial charge in [0.1, 0.15) is 23.9 Å². The average molecular weight is 272 g/mol. The van der Waals surface area contributed by atoms with Crippen LogP contribution in [0.3, 0.4) is 0 Å². The second kappa shape index (κ2) is 6.61. The number of carbonyl (C=O) groups excluding carboxylic acids is 1. The van der Waals surface area contributed by atoms with Crippen molar-refractivity contribution in [2.45, 2.75) is 13.5 Å². The van der Waals surface area contributed by atoms with Gasteiger partial charge in [0.05, 0.1) is 12.2 Å². The fourth-order valence-electron chi connectivity index (χ4n) is 1.81. The van der Waals surface area contributed by atoms with Gasteiger partial charge >= 0.3 is 0 Å². The van der Waals surface area contributed by atoms with Crippen LogP contribution in [0.1, 0.15) is 22.8 Å². The summed E-state index contributed by atoms with van der Waals surface area (Å²) in [6.45, 7) is 2.63. The lowest BCUT2D eigenvalue weighted by Gasteiger charge is -2.12. The first-order valence-electron chi connectivity index (χ1n) is 6.36. The van der Waals surface area contributed by atoms with E-state index in [1.165, 1.54) is 6.07 Å². The molecule has 2 aromatic carbocycles. The SMILES string of the molecule is CCOc1cc(O)c(C=O)c(OCc2ccccc2)c1. The Labute approximate surface area is 117 Å². The van der Waals surface area contributed by atoms with Gasteiger partial charge in [-0.15, -0.1) is 0 Å². The van der Waals surface area contributed by atoms with Crippen LogP contribution in [0.5, 0.6) is 17.2 Å². The first-order valence-corrected chi connectivity index (χ1v) is 6.36. The monoisotopic (exact) mass is 272 g/mol. The van der Waals surface area contributed by atoms with E-state index in [1.54, 1.807) is 6.07 Å². The molecule has 0 unspecified atom stereocenters. The molecule has 0 saturated carbocycles. The molecule has 0 atom stereocenters. The van der Waals surface area contributed by atoms with E-state index in [2.05, 4.69) is 0 Å². The predicted octanol–water partition coefficient (Wildman–Crippen LogP) is 3.18. The third-order valence-corrected chi connectivity index (χ3v) is 2.76. The van der Waals surface area contributed by atoms with Crippen LogP contribution in [-0.4, -0.2) is 18.0 Å². The summed E-state index contributed by atoms with van der Waals surface area (Å²) in [6.07, 6.45) is 0.575. The fourth-order valence-corrected chi connectivity index (χ4v) is 1.81. The van der Waals surface area contributed by atoms with Crippen LogP contribution in [0, 0.1) is 0 Å². The molecule has 2 rings (SSSR count). The lowest BCUT2D eigenvalue weighted by molar-refractivity contribution is 0.111. The van der Waals surface area contributed by atoms with E-state index in [0.717, 1.165) is 5.56 Å². The molecule has 0 aromatic heterocycles. The maximum absolute atomic E-state index is 11.0. The summed E-state index contributed by atoms with van der Waals surface area (Å²) >= 11 is 0. The zero-order valence-electron chi connectivity index (χ0n) is 11.2. The van der Waals surface area contributed by atoms with Crippen molar-refractivity contribution in [3.8, 4) is 17.2 Å². The molecule has 2 aromatic rings. The average Bonchev–Trinajstić information content (AvgIpc) is 2.46. The molecule has 4 nitrogen and oxygen atoms in total. The summed E-state index contributed by atoms with van der Waals surface area (Å²) in [5, 5.41) is 9.80. The fraction of sp³-hybridized carbons (Fsp3) is 0.188. The molecular weight excluding hydrogens is 256 g/mol. The normalized spacial score (nSPS) is 10.1. The smallest absolute Gasteiger partial charge is 0.157 e. The van der Waals surface area contributed by atoms with Gasteiger partial charge in [0.15, 0.2) is 6.29 Å². The highest BCUT2D eigenvalue weighted by atomic mass is 16.5. The number of ether oxygens (including phenoxy) is 2. The molecule has 0 radical (unpaired) electrons. The number of phenolic OH excluding ortho intramolecular Hbond substituents is 1. The Morgan fingerprint density at radius 3 is 2.55 bits per heavy atom. The summed E-state index contributed by atoms with van der Waals surface area (Å²) in [7, 11) is 0. The van der Waals surface area contributed by atoms with Crippen LogP contribution >= 0.6 is 0 Å². The Morgan fingerprint density at radius 1 is 1.15 bits per heavy atom. The van der Waals surface area contributed by atoms with E-state index < -0.39 is 0 Å². The number of aromatic hydroxyl groups is 1. The molecule has 1 N–H and O–H groups in total. The zero-order valence-corrected chi connectivity index (χ0v) is 11.2. The molecule has 0 aliphatic heterocycles. The molecule has 0 aliphatic carbocycles. The minimum absolute atomic E-state index is 0.129. The number of hydrogen-bond acceptors (Lipinski definition) is 4. The third kappa shape index (κ3) is 3.29. The topological polar surface area (TPSA) is 55.8 Å². The number of phenols is 1. The van der Waals surface area contributed by atoms with Crippen LogP contribution < -0.4 is 9.47 Å². The number of benzene rings is 2. The zero-order chi connectivity index (χ0) is 14.4. The van der Waals surface area contributed by atoms with Gasteiger partial charge in [0.25, 0.3) is 0 Å². The Bertz CT molecular complexity index is 579. The predicted molar refractivity (Wildman–Crippen MR) is 75.4 cm³/mol. The number of hydrogen-bond donors (Lipinski definition) is 1. The van der Waals surface area contributed by atoms with Gasteiger partial charge in [-0.2, -0.15) is 0 Å². The number of rotatable bonds is 6. The maximum atomic E-state index is 11.0. The molecule has 104 valence electrons. The van der Waals surface area contributed by atoms with Crippen molar-refractivity contribution in [2.24, 2.45) is 0 Å². The second-order valence-electron chi connectivity index (χ2n) is 4.18. The van der Waals surface area contributed by atoms with Crippen LogP contribution in [0.25, 0.3) is 0 Å². The minimum atomic E-state index is -0.144. The molecule has 0 fully saturated rings. The first kappa shape index (κ1) is 13.9. The molecule has 4 heteroatoms. The van der Waals surface area contributed by atoms with Crippen molar-refractivity contribution in [3.63, 3.8) is 0 Å². The Balaban J connectivity index is 2.22. The van der Waals surface area contributed by atoms with Gasteiger partial charge < -0.3 is 14.6 Å². The Morgan fingerprint density at radius 2 is 1.90 bits per heavy atom. The molecule has 0 aliphatic rings. The molecule has 0 amide bonds. The summed E-state index contributed by atoms with van der Waals surface area (Å²) in [5.41, 5.74) is 1.11. The van der Waals surface area contributed by atoms with Gasteiger partial charge in [-0.3, -0.25) is 4.79 Å². The van der Waals surface area contributed by atoms with Gasteiger partial charge in [-0.1, -0.05) is 30.3 Å². The number of aldehydes is 1. The van der Waals surface area contributed by atoms with Crippen LogP contribution in [0.4, 0.5) is 0 Å². The van der Waals surface area contributed by atoms with Crippen LogP contribution in [0.2, 0.25) is 0 Å². The van der Waals surface area contributed by atoms with E-state index >= 15 is 0 Å². The van der Waals surface area contributed by atoms with Crippen molar-refractivity contribution < 1.29 is 19.4 Å². The van der Waals surface area contributed by atoms with Crippen molar-refractivity contribution in [2.75, 3.05) is 6.61 Å². The highest BCUT2D eigenvalue weighted by Gasteiger charge is 2.12. The lowest BCUT2D eigenvalue weighted by Crippen LogP contribution is -2.00. The molecule has 0 saturated heterocycles. The van der Waals surface area contributed by atoms with Gasteiger partial charge in [-0.25, -0.2) is 0 Å². The van der Waals surface area contributed by atoms with Crippen molar-refractivity contribution >= 4 is 6.29 Å². The maximum Gasteiger partial charge on any atom is 0.157 e. The highest BCUT2D eigenvalue weighted by Crippen LogP contribution is 2.32. The molecule has 20 heavy (non-hydrogen) atoms. The summed E-state index contributed by atoms with van der Waals surface area (Å²) in [5.74, 6) is 0.639. The van der Waals surface area contributed by atoms with E-state index in [4.69, 9.17) is 9.47 Å². The highest BCUT2D eigenvalue weighted by molar-refractivity contribution is 5.84. The molecule has 0 heterocycles. The number of carbonyl (C=O) groups is 1. The first-order chi connectivity index (χ1) is 9.74. The van der Waals surface area contributed by atoms with E-state index in [-0.39, 0.29) is 11.3 Å². The summed E-state index contributed by atoms with van der Waals surface area (Å²) in [6, 6.07) is 12.6. The molecular formula is C16H16O4. The Hall–Kier alpha value is -2.49. The summed E-state index contributed by atoms with van der Waals surface area (Å²) < 4.78 is 10.9. The standard InChI is InChI=1S/C16H16O4/c1-2-19-13-8-15(18)14(10-17)16(9-13)20-11-12-6-4-3-5-7-12/h3-10,18H,2,11H2,1H3. The molecule has 0 spiro atoms. The van der Waals surface area contributed by atoms with E-state index in [0.29, 0.717) is 31.0 Å². The second-order valence-corrected chi connectivity index (χ2v) is 4.18. The van der Waals surface area contributed by atoms with E-state index in [1.807, 2.05) is 37.3 Å². The lowest BCUT2D eigenvalue weighted by atomic mass is 10.2.